The van der Waals surface area contributed by atoms with E-state index in [1.165, 1.54) is 0 Å². The van der Waals surface area contributed by atoms with Gasteiger partial charge < -0.3 is 15.8 Å². The lowest BCUT2D eigenvalue weighted by molar-refractivity contribution is -0.122. The van der Waals surface area contributed by atoms with Gasteiger partial charge in [0.2, 0.25) is 5.91 Å². The Bertz CT molecular complexity index is 376. The molecule has 0 saturated heterocycles. The molecule has 0 radical (unpaired) electrons. The third-order valence-electron chi connectivity index (χ3n) is 3.04. The minimum absolute atomic E-state index is 0.115. The topological polar surface area (TPSA) is 64.3 Å². The third kappa shape index (κ3) is 5.85. The second kappa shape index (κ2) is 8.67. The van der Waals surface area contributed by atoms with E-state index in [9.17, 15) is 4.79 Å². The Morgan fingerprint density at radius 2 is 1.95 bits per heavy atom. The predicted octanol–water partition coefficient (Wildman–Crippen LogP) is 1.93. The molecule has 1 rings (SSSR count). The largest absolute Gasteiger partial charge is 0.385 e. The van der Waals surface area contributed by atoms with E-state index in [1.54, 1.807) is 7.11 Å². The Morgan fingerprint density at radius 3 is 2.58 bits per heavy atom. The van der Waals surface area contributed by atoms with Crippen molar-refractivity contribution in [1.82, 2.24) is 5.32 Å². The molecule has 1 aromatic carbocycles. The van der Waals surface area contributed by atoms with Gasteiger partial charge in [-0.3, -0.25) is 4.79 Å². The first-order chi connectivity index (χ1) is 9.15. The normalized spacial score (nSPS) is 12.2. The highest BCUT2D eigenvalue weighted by Gasteiger charge is 2.14. The van der Waals surface area contributed by atoms with E-state index >= 15 is 0 Å². The molecule has 0 fully saturated rings. The van der Waals surface area contributed by atoms with Crippen molar-refractivity contribution in [3.63, 3.8) is 0 Å². The standard InChI is InChI=1S/C15H24N2O2/c1-12-6-8-13(9-7-12)14(16)15(18)17-10-4-3-5-11-19-2/h6-9,14H,3-5,10-11,16H2,1-2H3,(H,17,18). The average Bonchev–Trinajstić information content (AvgIpc) is 2.42. The molecule has 106 valence electrons. The number of carbonyl (C=O) groups is 1. The van der Waals surface area contributed by atoms with Gasteiger partial charge in [0, 0.05) is 20.3 Å². The Kier molecular flexibility index (Phi) is 7.15. The number of carbonyl (C=O) groups excluding carboxylic acids is 1. The quantitative estimate of drug-likeness (QED) is 0.705. The van der Waals surface area contributed by atoms with Crippen LogP contribution in [-0.2, 0) is 9.53 Å². The zero-order valence-corrected chi connectivity index (χ0v) is 11.8. The van der Waals surface area contributed by atoms with Crippen LogP contribution in [-0.4, -0.2) is 26.2 Å². The molecule has 1 unspecified atom stereocenters. The summed E-state index contributed by atoms with van der Waals surface area (Å²) < 4.78 is 4.97. The van der Waals surface area contributed by atoms with Gasteiger partial charge in [0.1, 0.15) is 6.04 Å². The molecule has 1 amide bonds. The summed E-state index contributed by atoms with van der Waals surface area (Å²) in [6.07, 6.45) is 3.03. The zero-order valence-electron chi connectivity index (χ0n) is 11.8. The van der Waals surface area contributed by atoms with Gasteiger partial charge in [0.15, 0.2) is 0 Å². The molecule has 0 bridgehead atoms. The molecule has 3 N–H and O–H groups in total. The molecule has 1 aromatic rings. The van der Waals surface area contributed by atoms with E-state index in [4.69, 9.17) is 10.5 Å². The van der Waals surface area contributed by atoms with Crippen LogP contribution in [0.15, 0.2) is 24.3 Å². The van der Waals surface area contributed by atoms with Gasteiger partial charge in [-0.1, -0.05) is 29.8 Å². The van der Waals surface area contributed by atoms with Crippen LogP contribution < -0.4 is 11.1 Å². The minimum Gasteiger partial charge on any atom is -0.385 e. The Balaban J connectivity index is 2.27. The molecular weight excluding hydrogens is 240 g/mol. The van der Waals surface area contributed by atoms with E-state index in [0.29, 0.717) is 6.54 Å². The van der Waals surface area contributed by atoms with Gasteiger partial charge >= 0.3 is 0 Å². The summed E-state index contributed by atoms with van der Waals surface area (Å²) in [7, 11) is 1.70. The summed E-state index contributed by atoms with van der Waals surface area (Å²) in [6.45, 7) is 3.45. The Morgan fingerprint density at radius 1 is 1.26 bits per heavy atom. The number of aryl methyl sites for hydroxylation is 1. The van der Waals surface area contributed by atoms with Crippen LogP contribution in [0.25, 0.3) is 0 Å². The van der Waals surface area contributed by atoms with Crippen molar-refractivity contribution < 1.29 is 9.53 Å². The van der Waals surface area contributed by atoms with Crippen LogP contribution >= 0.6 is 0 Å². The molecule has 0 aliphatic heterocycles. The van der Waals surface area contributed by atoms with Crippen LogP contribution in [0.2, 0.25) is 0 Å². The van der Waals surface area contributed by atoms with Crippen molar-refractivity contribution in [3.8, 4) is 0 Å². The molecule has 0 heterocycles. The lowest BCUT2D eigenvalue weighted by Gasteiger charge is -2.12. The number of rotatable bonds is 8. The fraction of sp³-hybridized carbons (Fsp3) is 0.533. The van der Waals surface area contributed by atoms with Crippen LogP contribution in [0.1, 0.15) is 36.4 Å². The van der Waals surface area contributed by atoms with Crippen LogP contribution in [0, 0.1) is 6.92 Å². The molecule has 4 nitrogen and oxygen atoms in total. The van der Waals surface area contributed by atoms with Gasteiger partial charge in [0.05, 0.1) is 0 Å². The van der Waals surface area contributed by atoms with Crippen LogP contribution in [0.3, 0.4) is 0 Å². The van der Waals surface area contributed by atoms with Crippen molar-refractivity contribution in [2.75, 3.05) is 20.3 Å². The Hall–Kier alpha value is -1.39. The van der Waals surface area contributed by atoms with Gasteiger partial charge in [-0.25, -0.2) is 0 Å². The zero-order chi connectivity index (χ0) is 14.1. The van der Waals surface area contributed by atoms with E-state index in [0.717, 1.165) is 37.0 Å². The highest BCUT2D eigenvalue weighted by atomic mass is 16.5. The van der Waals surface area contributed by atoms with Crippen molar-refractivity contribution in [2.24, 2.45) is 5.73 Å². The van der Waals surface area contributed by atoms with Crippen molar-refractivity contribution >= 4 is 5.91 Å². The number of unbranched alkanes of at least 4 members (excludes halogenated alkanes) is 2. The number of nitrogens with two attached hydrogens (primary N) is 1. The SMILES string of the molecule is COCCCCCNC(=O)C(N)c1ccc(C)cc1. The summed E-state index contributed by atoms with van der Waals surface area (Å²) in [5, 5.41) is 2.87. The number of ether oxygens (including phenoxy) is 1. The number of methoxy groups -OCH3 is 1. The summed E-state index contributed by atoms with van der Waals surface area (Å²) in [4.78, 5) is 11.9. The highest BCUT2D eigenvalue weighted by Crippen LogP contribution is 2.11. The Labute approximate surface area is 115 Å². The average molecular weight is 264 g/mol. The number of benzene rings is 1. The molecule has 1 atom stereocenters. The van der Waals surface area contributed by atoms with Crippen LogP contribution in [0.4, 0.5) is 0 Å². The first-order valence-corrected chi connectivity index (χ1v) is 6.74. The lowest BCUT2D eigenvalue weighted by Crippen LogP contribution is -2.34. The van der Waals surface area contributed by atoms with Gasteiger partial charge in [-0.2, -0.15) is 0 Å². The molecule has 0 aliphatic rings. The summed E-state index contributed by atoms with van der Waals surface area (Å²) in [5.41, 5.74) is 7.93. The van der Waals surface area contributed by atoms with Gasteiger partial charge in [0.25, 0.3) is 0 Å². The second-order valence-electron chi connectivity index (χ2n) is 4.73. The van der Waals surface area contributed by atoms with E-state index in [-0.39, 0.29) is 5.91 Å². The highest BCUT2D eigenvalue weighted by molar-refractivity contribution is 5.82. The fourth-order valence-corrected chi connectivity index (χ4v) is 1.79. The number of hydrogen-bond acceptors (Lipinski definition) is 3. The maximum atomic E-state index is 11.9. The molecule has 4 heteroatoms. The van der Waals surface area contributed by atoms with Gasteiger partial charge in [-0.15, -0.1) is 0 Å². The molecule has 0 spiro atoms. The second-order valence-corrected chi connectivity index (χ2v) is 4.73. The fourth-order valence-electron chi connectivity index (χ4n) is 1.79. The van der Waals surface area contributed by atoms with Crippen molar-refractivity contribution in [2.45, 2.75) is 32.2 Å². The van der Waals surface area contributed by atoms with Crippen molar-refractivity contribution in [1.29, 1.82) is 0 Å². The number of amides is 1. The number of hydrogen-bond donors (Lipinski definition) is 2. The molecule has 0 aliphatic carbocycles. The third-order valence-corrected chi connectivity index (χ3v) is 3.04. The predicted molar refractivity (Wildman–Crippen MR) is 76.8 cm³/mol. The van der Waals surface area contributed by atoms with E-state index < -0.39 is 6.04 Å². The minimum atomic E-state index is -0.584. The first-order valence-electron chi connectivity index (χ1n) is 6.74. The molecule has 19 heavy (non-hydrogen) atoms. The number of nitrogens with one attached hydrogen (secondary N) is 1. The first kappa shape index (κ1) is 15.7. The maximum Gasteiger partial charge on any atom is 0.241 e. The van der Waals surface area contributed by atoms with Crippen LogP contribution in [0.5, 0.6) is 0 Å². The summed E-state index contributed by atoms with van der Waals surface area (Å²) >= 11 is 0. The maximum absolute atomic E-state index is 11.9. The summed E-state index contributed by atoms with van der Waals surface area (Å²) in [6, 6.07) is 7.15. The smallest absolute Gasteiger partial charge is 0.241 e. The van der Waals surface area contributed by atoms with E-state index in [1.807, 2.05) is 31.2 Å². The van der Waals surface area contributed by atoms with Crippen molar-refractivity contribution in [3.05, 3.63) is 35.4 Å². The lowest BCUT2D eigenvalue weighted by atomic mass is 10.1. The molecular formula is C15H24N2O2. The summed E-state index contributed by atoms with van der Waals surface area (Å²) in [5.74, 6) is -0.115. The van der Waals surface area contributed by atoms with E-state index in [2.05, 4.69) is 5.32 Å². The monoisotopic (exact) mass is 264 g/mol. The molecule has 0 saturated carbocycles. The molecule has 0 aromatic heterocycles. The van der Waals surface area contributed by atoms with Gasteiger partial charge in [-0.05, 0) is 31.7 Å².